The summed E-state index contributed by atoms with van der Waals surface area (Å²) in [6.07, 6.45) is 1.81. The van der Waals surface area contributed by atoms with Crippen LogP contribution >= 0.6 is 11.8 Å². The van der Waals surface area contributed by atoms with Gasteiger partial charge in [-0.05, 0) is 45.5 Å². The molecule has 7 nitrogen and oxygen atoms in total. The predicted molar refractivity (Wildman–Crippen MR) is 102 cm³/mol. The number of nitrogens with one attached hydrogen (secondary N) is 1. The number of ether oxygens (including phenoxy) is 2. The number of rotatable bonds is 8. The highest BCUT2D eigenvalue weighted by atomic mass is 32.2. The van der Waals surface area contributed by atoms with E-state index in [0.717, 1.165) is 6.54 Å². The smallest absolute Gasteiger partial charge is 0.270 e. The maximum absolute atomic E-state index is 12.1. The molecule has 0 saturated heterocycles. The van der Waals surface area contributed by atoms with Crippen molar-refractivity contribution in [3.63, 3.8) is 0 Å². The largest absolute Gasteiger partial charge is 0.490 e. The van der Waals surface area contributed by atoms with Crippen LogP contribution < -0.4 is 15.0 Å². The third kappa shape index (κ3) is 4.77. The van der Waals surface area contributed by atoms with E-state index in [1.165, 1.54) is 11.8 Å². The predicted octanol–water partition coefficient (Wildman–Crippen LogP) is 2.37. The molecule has 0 spiro atoms. The summed E-state index contributed by atoms with van der Waals surface area (Å²) in [7, 11) is 3.95. The van der Waals surface area contributed by atoms with Gasteiger partial charge >= 0.3 is 0 Å². The van der Waals surface area contributed by atoms with Crippen molar-refractivity contribution in [1.29, 1.82) is 5.26 Å². The van der Waals surface area contributed by atoms with Crippen LogP contribution in [0.1, 0.15) is 12.5 Å². The summed E-state index contributed by atoms with van der Waals surface area (Å²) in [4.78, 5) is 21.1. The van der Waals surface area contributed by atoms with Gasteiger partial charge in [-0.2, -0.15) is 5.26 Å². The van der Waals surface area contributed by atoms with Crippen LogP contribution in [-0.4, -0.2) is 55.0 Å². The van der Waals surface area contributed by atoms with Crippen molar-refractivity contribution in [1.82, 2.24) is 14.9 Å². The monoisotopic (exact) mass is 374 g/mol. The van der Waals surface area contributed by atoms with Crippen molar-refractivity contribution >= 4 is 11.8 Å². The number of nitriles is 1. The van der Waals surface area contributed by atoms with E-state index >= 15 is 0 Å². The van der Waals surface area contributed by atoms with E-state index < -0.39 is 5.56 Å². The number of hydrogen-bond acceptors (Lipinski definition) is 7. The summed E-state index contributed by atoms with van der Waals surface area (Å²) >= 11 is 1.31. The standard InChI is InChI=1S/C18H22N4O3S/c1-5-24-15-10-12(6-7-14(15)25-9-8-22(2)3)16-13(11-19)17(23)21-18(20-16)26-4/h6-7,10H,5,8-9H2,1-4H3,(H,20,21,23). The van der Waals surface area contributed by atoms with Gasteiger partial charge in [0.1, 0.15) is 18.2 Å². The molecule has 1 N–H and O–H groups in total. The second kappa shape index (κ2) is 9.27. The number of benzene rings is 1. The normalized spacial score (nSPS) is 10.6. The Morgan fingerprint density at radius 1 is 1.31 bits per heavy atom. The quantitative estimate of drug-likeness (QED) is 0.560. The Balaban J connectivity index is 2.45. The summed E-state index contributed by atoms with van der Waals surface area (Å²) in [6, 6.07) is 7.24. The van der Waals surface area contributed by atoms with E-state index in [2.05, 4.69) is 9.97 Å². The zero-order valence-electron chi connectivity index (χ0n) is 15.3. The third-order valence-corrected chi connectivity index (χ3v) is 4.10. The van der Waals surface area contributed by atoms with Crippen molar-refractivity contribution in [3.05, 3.63) is 34.1 Å². The SMILES string of the molecule is CCOc1cc(-c2nc(SC)[nH]c(=O)c2C#N)ccc1OCCN(C)C. The van der Waals surface area contributed by atoms with E-state index in [4.69, 9.17) is 9.47 Å². The molecule has 1 aromatic heterocycles. The molecule has 0 fully saturated rings. The van der Waals surface area contributed by atoms with Crippen LogP contribution in [0, 0.1) is 11.3 Å². The van der Waals surface area contributed by atoms with Gasteiger partial charge in [-0.3, -0.25) is 4.79 Å². The fourth-order valence-electron chi connectivity index (χ4n) is 2.24. The van der Waals surface area contributed by atoms with Crippen LogP contribution in [0.4, 0.5) is 0 Å². The van der Waals surface area contributed by atoms with E-state index in [-0.39, 0.29) is 5.56 Å². The lowest BCUT2D eigenvalue weighted by molar-refractivity contribution is 0.244. The van der Waals surface area contributed by atoms with Gasteiger partial charge in [-0.25, -0.2) is 4.98 Å². The molecule has 138 valence electrons. The highest BCUT2D eigenvalue weighted by Crippen LogP contribution is 2.33. The molecule has 0 atom stereocenters. The number of thioether (sulfide) groups is 1. The molecule has 2 rings (SSSR count). The highest BCUT2D eigenvalue weighted by molar-refractivity contribution is 7.98. The number of likely N-dealkylation sites (N-methyl/N-ethyl adjacent to an activating group) is 1. The van der Waals surface area contributed by atoms with Crippen molar-refractivity contribution in [2.75, 3.05) is 40.1 Å². The Bertz CT molecular complexity index is 858. The molecule has 0 bridgehead atoms. The van der Waals surface area contributed by atoms with Gasteiger partial charge in [0.05, 0.1) is 12.3 Å². The Labute approximate surface area is 157 Å². The number of aromatic nitrogens is 2. The minimum absolute atomic E-state index is 0.0217. The van der Waals surface area contributed by atoms with Gasteiger partial charge < -0.3 is 19.4 Å². The van der Waals surface area contributed by atoms with Gasteiger partial charge in [0.25, 0.3) is 5.56 Å². The minimum atomic E-state index is -0.453. The molecular weight excluding hydrogens is 352 g/mol. The molecule has 2 aromatic rings. The second-order valence-corrected chi connectivity index (χ2v) is 6.45. The Morgan fingerprint density at radius 3 is 2.69 bits per heavy atom. The molecule has 1 heterocycles. The number of H-pyrrole nitrogens is 1. The molecular formula is C18H22N4O3S. The third-order valence-electron chi connectivity index (χ3n) is 3.52. The molecule has 0 aliphatic carbocycles. The fourth-order valence-corrected chi connectivity index (χ4v) is 2.62. The van der Waals surface area contributed by atoms with E-state index in [0.29, 0.717) is 41.1 Å². The van der Waals surface area contributed by atoms with Crippen LogP contribution in [0.15, 0.2) is 28.2 Å². The molecule has 26 heavy (non-hydrogen) atoms. The first-order chi connectivity index (χ1) is 12.5. The van der Waals surface area contributed by atoms with Crippen molar-refractivity contribution in [3.8, 4) is 28.8 Å². The lowest BCUT2D eigenvalue weighted by atomic mass is 10.1. The highest BCUT2D eigenvalue weighted by Gasteiger charge is 2.16. The summed E-state index contributed by atoms with van der Waals surface area (Å²) in [6.45, 7) is 3.65. The molecule has 0 unspecified atom stereocenters. The first kappa shape index (κ1) is 19.8. The maximum Gasteiger partial charge on any atom is 0.270 e. The second-order valence-electron chi connectivity index (χ2n) is 5.66. The topological polar surface area (TPSA) is 91.2 Å². The van der Waals surface area contributed by atoms with Crippen LogP contribution in [0.3, 0.4) is 0 Å². The number of hydrogen-bond donors (Lipinski definition) is 1. The van der Waals surface area contributed by atoms with Gasteiger partial charge in [0.2, 0.25) is 0 Å². The van der Waals surface area contributed by atoms with Crippen molar-refractivity contribution in [2.45, 2.75) is 12.1 Å². The summed E-state index contributed by atoms with van der Waals surface area (Å²) < 4.78 is 11.5. The van der Waals surface area contributed by atoms with Gasteiger partial charge in [-0.1, -0.05) is 11.8 Å². The van der Waals surface area contributed by atoms with E-state index in [1.807, 2.05) is 32.0 Å². The van der Waals surface area contributed by atoms with Crippen molar-refractivity contribution in [2.24, 2.45) is 0 Å². The molecule has 0 aliphatic heterocycles. The molecule has 0 amide bonds. The van der Waals surface area contributed by atoms with Gasteiger partial charge in [0.15, 0.2) is 16.7 Å². The average molecular weight is 374 g/mol. The minimum Gasteiger partial charge on any atom is -0.490 e. The van der Waals surface area contributed by atoms with Crippen molar-refractivity contribution < 1.29 is 9.47 Å². The van der Waals surface area contributed by atoms with Gasteiger partial charge in [0, 0.05) is 12.1 Å². The lowest BCUT2D eigenvalue weighted by Gasteiger charge is -2.15. The van der Waals surface area contributed by atoms with E-state index in [1.54, 1.807) is 24.5 Å². The molecule has 8 heteroatoms. The molecule has 1 aromatic carbocycles. The summed E-state index contributed by atoms with van der Waals surface area (Å²) in [5, 5.41) is 9.79. The molecule has 0 saturated carbocycles. The molecule has 0 aliphatic rings. The van der Waals surface area contributed by atoms with Gasteiger partial charge in [-0.15, -0.1) is 0 Å². The average Bonchev–Trinajstić information content (AvgIpc) is 2.62. The van der Waals surface area contributed by atoms with Crippen LogP contribution in [0.25, 0.3) is 11.3 Å². The Morgan fingerprint density at radius 2 is 2.08 bits per heavy atom. The Kier molecular flexibility index (Phi) is 7.06. The van der Waals surface area contributed by atoms with E-state index in [9.17, 15) is 10.1 Å². The fraction of sp³-hybridized carbons (Fsp3) is 0.389. The lowest BCUT2D eigenvalue weighted by Crippen LogP contribution is -2.19. The first-order valence-corrected chi connectivity index (χ1v) is 9.35. The zero-order chi connectivity index (χ0) is 19.1. The number of nitrogens with zero attached hydrogens (tertiary/aromatic N) is 3. The van der Waals surface area contributed by atoms with Crippen LogP contribution in [0.5, 0.6) is 11.5 Å². The summed E-state index contributed by atoms with van der Waals surface area (Å²) in [5.74, 6) is 1.17. The van der Waals surface area contributed by atoms with Crippen LogP contribution in [0.2, 0.25) is 0 Å². The van der Waals surface area contributed by atoms with Crippen LogP contribution in [-0.2, 0) is 0 Å². The number of aromatic amines is 1. The maximum atomic E-state index is 12.1. The Hall–Kier alpha value is -2.50. The first-order valence-electron chi connectivity index (χ1n) is 8.13. The zero-order valence-corrected chi connectivity index (χ0v) is 16.1. The molecule has 0 radical (unpaired) electrons. The summed E-state index contributed by atoms with van der Waals surface area (Å²) in [5.41, 5.74) is 0.491.